The average molecular weight is 399 g/mol. The molecule has 0 atom stereocenters. The van der Waals surface area contributed by atoms with Crippen LogP contribution in [0.15, 0.2) is 65.7 Å². The van der Waals surface area contributed by atoms with E-state index in [-0.39, 0.29) is 0 Å². The summed E-state index contributed by atoms with van der Waals surface area (Å²) in [6.07, 6.45) is 4.00. The third kappa shape index (κ3) is 5.88. The first kappa shape index (κ1) is 21.0. The van der Waals surface area contributed by atoms with Crippen LogP contribution in [-0.4, -0.2) is 38.0 Å². The largest absolute Gasteiger partial charge is 0.473 e. The lowest BCUT2D eigenvalue weighted by atomic mass is 10.2. The predicted octanol–water partition coefficient (Wildman–Crippen LogP) is 3.58. The molecule has 0 fully saturated rings. The Labute approximate surface area is 167 Å². The molecule has 146 valence electrons. The number of nitrogens with zero attached hydrogens (tertiary/aromatic N) is 2. The number of hydrogen-bond acceptors (Lipinski definition) is 5. The molecule has 0 saturated heterocycles. The van der Waals surface area contributed by atoms with Gasteiger partial charge in [0, 0.05) is 18.5 Å². The van der Waals surface area contributed by atoms with Crippen molar-refractivity contribution >= 4 is 29.6 Å². The first-order valence-electron chi connectivity index (χ1n) is 8.32. The van der Waals surface area contributed by atoms with Gasteiger partial charge in [0.25, 0.3) is 0 Å². The maximum absolute atomic E-state index is 9.10. The van der Waals surface area contributed by atoms with Gasteiger partial charge in [-0.2, -0.15) is 0 Å². The summed E-state index contributed by atoms with van der Waals surface area (Å²) >= 11 is 1.76. The summed E-state index contributed by atoms with van der Waals surface area (Å²) in [7, 11) is 2.04. The molecule has 0 radical (unpaired) electrons. The Bertz CT molecular complexity index is 912. The van der Waals surface area contributed by atoms with Crippen LogP contribution in [0.25, 0.3) is 11.3 Å². The Morgan fingerprint density at radius 1 is 1.04 bits per heavy atom. The number of carbonyl (C=O) groups is 2. The minimum Gasteiger partial charge on any atom is -0.473 e. The zero-order valence-corrected chi connectivity index (χ0v) is 16.3. The number of hydrogen-bond donors (Lipinski definition) is 3. The van der Waals surface area contributed by atoms with Crippen LogP contribution in [0.5, 0.6) is 0 Å². The third-order valence-corrected chi connectivity index (χ3v) is 4.59. The smallest absolute Gasteiger partial charge is 0.414 e. The molecular weight excluding hydrogens is 378 g/mol. The first-order valence-corrected chi connectivity index (χ1v) is 9.55. The second-order valence-corrected chi connectivity index (χ2v) is 6.58. The van der Waals surface area contributed by atoms with E-state index < -0.39 is 11.9 Å². The van der Waals surface area contributed by atoms with Gasteiger partial charge in [-0.3, -0.25) is 0 Å². The number of carboxylic acids is 2. The van der Waals surface area contributed by atoms with Gasteiger partial charge in [-0.25, -0.2) is 14.6 Å². The summed E-state index contributed by atoms with van der Waals surface area (Å²) in [5.74, 6) is -2.77. The number of aliphatic carboxylic acids is 2. The van der Waals surface area contributed by atoms with Gasteiger partial charge in [0.15, 0.2) is 0 Å². The number of anilines is 1. The fourth-order valence-corrected chi connectivity index (χ4v) is 2.78. The summed E-state index contributed by atoms with van der Waals surface area (Å²) in [5.41, 5.74) is 3.54. The Morgan fingerprint density at radius 2 is 1.64 bits per heavy atom. The maximum Gasteiger partial charge on any atom is 0.414 e. The minimum atomic E-state index is -1.82. The van der Waals surface area contributed by atoms with Crippen molar-refractivity contribution in [1.29, 1.82) is 0 Å². The van der Waals surface area contributed by atoms with Crippen molar-refractivity contribution in [3.05, 3.63) is 66.4 Å². The second-order valence-electron chi connectivity index (χ2n) is 5.70. The van der Waals surface area contributed by atoms with Crippen molar-refractivity contribution in [3.63, 3.8) is 0 Å². The molecule has 2 aromatic carbocycles. The van der Waals surface area contributed by atoms with Gasteiger partial charge in [0.05, 0.1) is 11.9 Å². The Kier molecular flexibility index (Phi) is 7.65. The van der Waals surface area contributed by atoms with E-state index in [2.05, 4.69) is 57.5 Å². The van der Waals surface area contributed by atoms with E-state index in [1.165, 1.54) is 16.0 Å². The van der Waals surface area contributed by atoms with Crippen molar-refractivity contribution < 1.29 is 19.8 Å². The number of benzene rings is 2. The highest BCUT2D eigenvalue weighted by Crippen LogP contribution is 2.22. The SMILES string of the molecule is CSc1ccc(CNc2ncc(-c3ccccc3)n2C)cc1.O=C(O)C(=O)O. The molecular formula is C20H21N3O4S. The van der Waals surface area contributed by atoms with Gasteiger partial charge in [0.1, 0.15) is 0 Å². The summed E-state index contributed by atoms with van der Waals surface area (Å²) < 4.78 is 2.09. The Balaban J connectivity index is 0.000000409. The van der Waals surface area contributed by atoms with E-state index in [0.29, 0.717) is 0 Å². The van der Waals surface area contributed by atoms with Crippen molar-refractivity contribution in [1.82, 2.24) is 9.55 Å². The molecule has 0 bridgehead atoms. The van der Waals surface area contributed by atoms with E-state index in [1.807, 2.05) is 31.4 Å². The summed E-state index contributed by atoms with van der Waals surface area (Å²) in [5, 5.41) is 18.2. The molecule has 3 rings (SSSR count). The van der Waals surface area contributed by atoms with Crippen LogP contribution in [-0.2, 0) is 23.2 Å². The first-order chi connectivity index (χ1) is 13.4. The number of thioether (sulfide) groups is 1. The highest BCUT2D eigenvalue weighted by molar-refractivity contribution is 7.98. The number of carboxylic acid groups (broad SMARTS) is 2. The fourth-order valence-electron chi connectivity index (χ4n) is 2.38. The van der Waals surface area contributed by atoms with Gasteiger partial charge in [0.2, 0.25) is 5.95 Å². The van der Waals surface area contributed by atoms with Crippen LogP contribution in [0.4, 0.5) is 5.95 Å². The second kappa shape index (κ2) is 10.2. The van der Waals surface area contributed by atoms with E-state index in [0.717, 1.165) is 18.2 Å². The van der Waals surface area contributed by atoms with E-state index in [1.54, 1.807) is 11.8 Å². The normalized spacial score (nSPS) is 9.93. The summed E-state index contributed by atoms with van der Waals surface area (Å²) in [6.45, 7) is 0.772. The molecule has 0 unspecified atom stereocenters. The molecule has 3 N–H and O–H groups in total. The number of imidazole rings is 1. The molecule has 1 heterocycles. The Hall–Kier alpha value is -3.26. The van der Waals surface area contributed by atoms with E-state index >= 15 is 0 Å². The third-order valence-electron chi connectivity index (χ3n) is 3.85. The van der Waals surface area contributed by atoms with Crippen molar-refractivity contribution in [2.75, 3.05) is 11.6 Å². The number of rotatable bonds is 5. The summed E-state index contributed by atoms with van der Waals surface area (Å²) in [4.78, 5) is 24.0. The van der Waals surface area contributed by atoms with Crippen LogP contribution >= 0.6 is 11.8 Å². The zero-order valence-electron chi connectivity index (χ0n) is 15.5. The fraction of sp³-hybridized carbons (Fsp3) is 0.150. The lowest BCUT2D eigenvalue weighted by Gasteiger charge is -2.09. The van der Waals surface area contributed by atoms with Crippen molar-refractivity contribution in [2.24, 2.45) is 7.05 Å². The zero-order chi connectivity index (χ0) is 20.5. The van der Waals surface area contributed by atoms with E-state index in [9.17, 15) is 0 Å². The molecule has 0 aliphatic heterocycles. The topological polar surface area (TPSA) is 104 Å². The minimum absolute atomic E-state index is 0.772. The molecule has 0 saturated carbocycles. The lowest BCUT2D eigenvalue weighted by Crippen LogP contribution is -2.09. The molecule has 8 heteroatoms. The summed E-state index contributed by atoms with van der Waals surface area (Å²) in [6, 6.07) is 18.9. The van der Waals surface area contributed by atoms with Crippen LogP contribution in [0.2, 0.25) is 0 Å². The van der Waals surface area contributed by atoms with E-state index in [4.69, 9.17) is 19.8 Å². The van der Waals surface area contributed by atoms with Crippen molar-refractivity contribution in [3.8, 4) is 11.3 Å². The van der Waals surface area contributed by atoms with Gasteiger partial charge in [-0.1, -0.05) is 42.5 Å². The number of aromatic nitrogens is 2. The predicted molar refractivity (Wildman–Crippen MR) is 109 cm³/mol. The molecule has 28 heavy (non-hydrogen) atoms. The van der Waals surface area contributed by atoms with Crippen LogP contribution in [0, 0.1) is 0 Å². The monoisotopic (exact) mass is 399 g/mol. The molecule has 0 aliphatic carbocycles. The van der Waals surface area contributed by atoms with Gasteiger partial charge >= 0.3 is 11.9 Å². The lowest BCUT2D eigenvalue weighted by molar-refractivity contribution is -0.159. The quantitative estimate of drug-likeness (QED) is 0.445. The highest BCUT2D eigenvalue weighted by atomic mass is 32.2. The average Bonchev–Trinajstić information content (AvgIpc) is 3.08. The molecule has 3 aromatic rings. The standard InChI is InChI=1S/C18H19N3S.C2H2O4/c1-21-17(15-6-4-3-5-7-15)13-20-18(21)19-12-14-8-10-16(22-2)11-9-14;3-1(4)2(5)6/h3-11,13H,12H2,1-2H3,(H,19,20);(H,3,4)(H,5,6). The molecule has 0 spiro atoms. The highest BCUT2D eigenvalue weighted by Gasteiger charge is 2.07. The van der Waals surface area contributed by atoms with Gasteiger partial charge < -0.3 is 20.1 Å². The Morgan fingerprint density at radius 3 is 2.18 bits per heavy atom. The molecule has 1 aromatic heterocycles. The molecule has 7 nitrogen and oxygen atoms in total. The molecule has 0 aliphatic rings. The van der Waals surface area contributed by atoms with Crippen LogP contribution < -0.4 is 5.32 Å². The molecule has 0 amide bonds. The van der Waals surface area contributed by atoms with Crippen LogP contribution in [0.3, 0.4) is 0 Å². The van der Waals surface area contributed by atoms with Crippen LogP contribution in [0.1, 0.15) is 5.56 Å². The number of nitrogens with one attached hydrogen (secondary N) is 1. The van der Waals surface area contributed by atoms with Crippen molar-refractivity contribution in [2.45, 2.75) is 11.4 Å². The van der Waals surface area contributed by atoms with Gasteiger partial charge in [-0.05, 0) is 29.5 Å². The van der Waals surface area contributed by atoms with Gasteiger partial charge in [-0.15, -0.1) is 11.8 Å². The maximum atomic E-state index is 9.10.